The number of benzene rings is 3. The van der Waals surface area contributed by atoms with Crippen LogP contribution in [0.1, 0.15) is 23.7 Å². The molecule has 7 heteroatoms. The maximum Gasteiger partial charge on any atom is 0.311 e. The molecular weight excluding hydrogens is 422 g/mol. The topological polar surface area (TPSA) is 72.8 Å². The summed E-state index contributed by atoms with van der Waals surface area (Å²) in [6.07, 6.45) is 1.86. The largest absolute Gasteiger partial charge is 0.489 e. The average Bonchev–Trinajstić information content (AvgIpc) is 3.25. The van der Waals surface area contributed by atoms with Gasteiger partial charge in [0.25, 0.3) is 0 Å². The van der Waals surface area contributed by atoms with Crippen LogP contribution in [0.15, 0.2) is 77.2 Å². The molecule has 1 N–H and O–H groups in total. The minimum atomic E-state index is -0.284. The Labute approximate surface area is 190 Å². The summed E-state index contributed by atoms with van der Waals surface area (Å²) >= 11 is 1.39. The van der Waals surface area contributed by atoms with E-state index in [1.807, 2.05) is 47.8 Å². The summed E-state index contributed by atoms with van der Waals surface area (Å²) in [5.41, 5.74) is 5.61. The Kier molecular flexibility index (Phi) is 7.09. The van der Waals surface area contributed by atoms with Crippen molar-refractivity contribution in [3.8, 4) is 5.75 Å². The van der Waals surface area contributed by atoms with Crippen LogP contribution in [0.2, 0.25) is 0 Å². The van der Waals surface area contributed by atoms with Crippen LogP contribution in [-0.4, -0.2) is 23.8 Å². The van der Waals surface area contributed by atoms with E-state index in [4.69, 9.17) is 9.47 Å². The highest BCUT2D eigenvalue weighted by molar-refractivity contribution is 7.13. The van der Waals surface area contributed by atoms with Gasteiger partial charge in [-0.05, 0) is 41.0 Å². The zero-order chi connectivity index (χ0) is 22.2. The van der Waals surface area contributed by atoms with Crippen molar-refractivity contribution >= 4 is 39.4 Å². The molecule has 4 rings (SSSR count). The Hall–Kier alpha value is -3.71. The van der Waals surface area contributed by atoms with Gasteiger partial charge in [0.05, 0.1) is 24.9 Å². The molecule has 0 bridgehead atoms. The monoisotopic (exact) mass is 445 g/mol. The molecule has 0 saturated carbocycles. The predicted molar refractivity (Wildman–Crippen MR) is 128 cm³/mol. The molecule has 162 valence electrons. The first-order chi connectivity index (χ1) is 15.7. The molecule has 0 aliphatic carbocycles. The first-order valence-corrected chi connectivity index (χ1v) is 11.2. The molecular formula is C25H23N3O3S. The van der Waals surface area contributed by atoms with Crippen molar-refractivity contribution in [1.29, 1.82) is 0 Å². The van der Waals surface area contributed by atoms with Crippen LogP contribution in [0.5, 0.6) is 5.75 Å². The molecule has 0 aliphatic heterocycles. The summed E-state index contributed by atoms with van der Waals surface area (Å²) in [7, 11) is 0. The number of nitrogens with one attached hydrogen (secondary N) is 1. The fourth-order valence-corrected chi connectivity index (χ4v) is 3.88. The highest BCUT2D eigenvalue weighted by atomic mass is 32.1. The molecule has 0 aliphatic rings. The number of hydrogen-bond acceptors (Lipinski definition) is 7. The number of ether oxygens (including phenoxy) is 2. The van der Waals surface area contributed by atoms with Crippen LogP contribution < -0.4 is 10.2 Å². The SMILES string of the molecule is CCOC(=O)Cc1csc(NN=Cc2cccc(OCc3cccc4ccccc34)c2)n1. The van der Waals surface area contributed by atoms with Gasteiger partial charge in [-0.25, -0.2) is 4.98 Å². The van der Waals surface area contributed by atoms with Crippen molar-refractivity contribution in [1.82, 2.24) is 4.98 Å². The molecule has 0 radical (unpaired) electrons. The van der Waals surface area contributed by atoms with Crippen LogP contribution in [0.3, 0.4) is 0 Å². The van der Waals surface area contributed by atoms with E-state index in [1.165, 1.54) is 22.1 Å². The minimum Gasteiger partial charge on any atom is -0.489 e. The van der Waals surface area contributed by atoms with Gasteiger partial charge in [0.15, 0.2) is 0 Å². The van der Waals surface area contributed by atoms with E-state index in [-0.39, 0.29) is 12.4 Å². The number of hydrogen-bond donors (Lipinski definition) is 1. The van der Waals surface area contributed by atoms with Crippen molar-refractivity contribution in [2.75, 3.05) is 12.0 Å². The summed E-state index contributed by atoms with van der Waals surface area (Å²) in [6, 6.07) is 22.3. The first kappa shape index (κ1) is 21.5. The normalized spacial score (nSPS) is 11.0. The van der Waals surface area contributed by atoms with Crippen LogP contribution >= 0.6 is 11.3 Å². The van der Waals surface area contributed by atoms with Gasteiger partial charge in [-0.3, -0.25) is 10.2 Å². The predicted octanol–water partition coefficient (Wildman–Crippen LogP) is 5.43. The Morgan fingerprint density at radius 3 is 2.88 bits per heavy atom. The maximum absolute atomic E-state index is 11.5. The lowest BCUT2D eigenvalue weighted by atomic mass is 10.1. The third-order valence-corrected chi connectivity index (χ3v) is 5.48. The molecule has 0 fully saturated rings. The van der Waals surface area contributed by atoms with E-state index in [1.54, 1.807) is 13.1 Å². The van der Waals surface area contributed by atoms with Gasteiger partial charge in [0, 0.05) is 5.38 Å². The number of carbonyl (C=O) groups is 1. The lowest BCUT2D eigenvalue weighted by Crippen LogP contribution is -2.07. The molecule has 4 aromatic rings. The lowest BCUT2D eigenvalue weighted by Gasteiger charge is -2.09. The number of thiazole rings is 1. The van der Waals surface area contributed by atoms with Crippen LogP contribution in [-0.2, 0) is 22.6 Å². The van der Waals surface area contributed by atoms with Crippen LogP contribution in [0, 0.1) is 0 Å². The second-order valence-corrected chi connectivity index (χ2v) is 7.85. The van der Waals surface area contributed by atoms with E-state index in [0.717, 1.165) is 16.9 Å². The summed E-state index contributed by atoms with van der Waals surface area (Å²) in [5.74, 6) is 0.487. The molecule has 0 atom stereocenters. The van der Waals surface area contributed by atoms with Crippen molar-refractivity contribution in [2.45, 2.75) is 20.0 Å². The van der Waals surface area contributed by atoms with Gasteiger partial charge >= 0.3 is 5.97 Å². The molecule has 6 nitrogen and oxygen atoms in total. The van der Waals surface area contributed by atoms with Crippen LogP contribution in [0.25, 0.3) is 10.8 Å². The van der Waals surface area contributed by atoms with E-state index < -0.39 is 0 Å². The van der Waals surface area contributed by atoms with Crippen molar-refractivity contribution in [3.63, 3.8) is 0 Å². The number of esters is 1. The van der Waals surface area contributed by atoms with Crippen molar-refractivity contribution in [2.24, 2.45) is 5.10 Å². The van der Waals surface area contributed by atoms with E-state index in [0.29, 0.717) is 24.0 Å². The van der Waals surface area contributed by atoms with Crippen LogP contribution in [0.4, 0.5) is 5.13 Å². The second-order valence-electron chi connectivity index (χ2n) is 7.00. The van der Waals surface area contributed by atoms with Crippen molar-refractivity contribution in [3.05, 3.63) is 88.9 Å². The first-order valence-electron chi connectivity index (χ1n) is 10.3. The smallest absolute Gasteiger partial charge is 0.311 e. The van der Waals surface area contributed by atoms with Gasteiger partial charge in [0.1, 0.15) is 12.4 Å². The number of fused-ring (bicyclic) bond motifs is 1. The lowest BCUT2D eigenvalue weighted by molar-refractivity contribution is -0.142. The molecule has 1 aromatic heterocycles. The quantitative estimate of drug-likeness (QED) is 0.211. The van der Waals surface area contributed by atoms with Gasteiger partial charge < -0.3 is 9.47 Å². The highest BCUT2D eigenvalue weighted by Crippen LogP contribution is 2.21. The number of carbonyl (C=O) groups excluding carboxylic acids is 1. The number of aromatic nitrogens is 1. The van der Waals surface area contributed by atoms with Gasteiger partial charge in [-0.2, -0.15) is 5.10 Å². The molecule has 0 unspecified atom stereocenters. The highest BCUT2D eigenvalue weighted by Gasteiger charge is 2.08. The van der Waals surface area contributed by atoms with Crippen molar-refractivity contribution < 1.29 is 14.3 Å². The minimum absolute atomic E-state index is 0.159. The average molecular weight is 446 g/mol. The Morgan fingerprint density at radius 2 is 1.97 bits per heavy atom. The number of rotatable bonds is 9. The molecule has 0 amide bonds. The molecule has 1 heterocycles. The number of anilines is 1. The fraction of sp³-hybridized carbons (Fsp3) is 0.160. The molecule has 3 aromatic carbocycles. The van der Waals surface area contributed by atoms with Gasteiger partial charge in [0.2, 0.25) is 5.13 Å². The van der Waals surface area contributed by atoms with E-state index >= 15 is 0 Å². The van der Waals surface area contributed by atoms with E-state index in [9.17, 15) is 4.79 Å². The fourth-order valence-electron chi connectivity index (χ4n) is 3.23. The van der Waals surface area contributed by atoms with Gasteiger partial charge in [-0.1, -0.05) is 54.6 Å². The number of nitrogens with zero attached hydrogens (tertiary/aromatic N) is 2. The summed E-state index contributed by atoms with van der Waals surface area (Å²) in [4.78, 5) is 15.9. The Bertz CT molecular complexity index is 1230. The second kappa shape index (κ2) is 10.5. The maximum atomic E-state index is 11.5. The third-order valence-electron chi connectivity index (χ3n) is 4.69. The standard InChI is InChI=1S/C25H23N3O3S/c1-2-30-24(29)14-21-17-32-25(27-21)28-26-15-18-7-5-11-22(13-18)31-16-20-10-6-9-19-8-3-4-12-23(19)20/h3-13,15,17H,2,14,16H2,1H3,(H,27,28). The molecule has 0 spiro atoms. The van der Waals surface area contributed by atoms with Gasteiger partial charge in [-0.15, -0.1) is 11.3 Å². The molecule has 0 saturated heterocycles. The zero-order valence-corrected chi connectivity index (χ0v) is 18.5. The summed E-state index contributed by atoms with van der Waals surface area (Å²) in [5, 5.41) is 9.07. The molecule has 32 heavy (non-hydrogen) atoms. The summed E-state index contributed by atoms with van der Waals surface area (Å²) < 4.78 is 11.0. The Morgan fingerprint density at radius 1 is 1.12 bits per heavy atom. The Balaban J connectivity index is 1.34. The number of hydrazone groups is 1. The zero-order valence-electron chi connectivity index (χ0n) is 17.7. The third kappa shape index (κ3) is 5.70. The van der Waals surface area contributed by atoms with E-state index in [2.05, 4.69) is 39.8 Å². The summed E-state index contributed by atoms with van der Waals surface area (Å²) in [6.45, 7) is 2.63.